The van der Waals surface area contributed by atoms with Gasteiger partial charge in [-0.3, -0.25) is 0 Å². The predicted molar refractivity (Wildman–Crippen MR) is 55.6 cm³/mol. The number of benzene rings is 1. The summed E-state index contributed by atoms with van der Waals surface area (Å²) in [5.74, 6) is 0.136. The number of hydrogen-bond acceptors (Lipinski definition) is 2. The number of hydrogen-bond donors (Lipinski definition) is 0. The van der Waals surface area contributed by atoms with Crippen molar-refractivity contribution < 1.29 is 4.39 Å². The highest BCUT2D eigenvalue weighted by Crippen LogP contribution is 2.11. The van der Waals surface area contributed by atoms with Crippen molar-refractivity contribution in [3.8, 4) is 11.4 Å². The van der Waals surface area contributed by atoms with Gasteiger partial charge in [0.2, 0.25) is 0 Å². The first-order valence-corrected chi connectivity index (χ1v) is 4.30. The lowest BCUT2D eigenvalue weighted by molar-refractivity contribution is 0.614. The molecule has 0 bridgehead atoms. The Morgan fingerprint density at radius 2 is 1.86 bits per heavy atom. The van der Waals surface area contributed by atoms with E-state index in [1.165, 1.54) is 12.4 Å². The van der Waals surface area contributed by atoms with Gasteiger partial charge in [-0.2, -0.15) is 0 Å². The fourth-order valence-corrected chi connectivity index (χ4v) is 1.25. The van der Waals surface area contributed by atoms with Crippen LogP contribution in [0.25, 0.3) is 11.4 Å². The maximum absolute atomic E-state index is 12.6. The highest BCUT2D eigenvalue weighted by atomic mass is 19.1. The van der Waals surface area contributed by atoms with E-state index in [9.17, 15) is 4.39 Å². The summed E-state index contributed by atoms with van der Waals surface area (Å²) in [7, 11) is 1.99. The molecule has 0 N–H and O–H groups in total. The Morgan fingerprint density at radius 1 is 1.14 bits per heavy atom. The monoisotopic (exact) mass is 186 g/mol. The molecule has 2 nitrogen and oxygen atoms in total. The molecule has 0 aliphatic rings. The molecule has 0 saturated carbocycles. The molecule has 0 unspecified atom stereocenters. The normalized spacial score (nSPS) is 10.1. The maximum atomic E-state index is 12.6. The summed E-state index contributed by atoms with van der Waals surface area (Å²) in [4.78, 5) is 7.81. The van der Waals surface area contributed by atoms with Gasteiger partial charge in [0.15, 0.2) is 11.6 Å². The number of rotatable bonds is 1. The zero-order valence-electron chi connectivity index (χ0n) is 7.74. The molecule has 0 amide bonds. The maximum Gasteiger partial charge on any atom is 0.159 e. The van der Waals surface area contributed by atoms with Crippen LogP contribution in [-0.4, -0.2) is 17.8 Å². The molecular formula is C10H8BFN2. The summed E-state index contributed by atoms with van der Waals surface area (Å²) < 4.78 is 12.6. The molecule has 0 spiro atoms. The van der Waals surface area contributed by atoms with E-state index in [1.54, 1.807) is 0 Å². The fourth-order valence-electron chi connectivity index (χ4n) is 1.25. The third-order valence-corrected chi connectivity index (χ3v) is 1.90. The predicted octanol–water partition coefficient (Wildman–Crippen LogP) is 0.541. The van der Waals surface area contributed by atoms with Crippen LogP contribution in [0.3, 0.4) is 0 Å². The summed E-state index contributed by atoms with van der Waals surface area (Å²) in [6.45, 7) is 0. The van der Waals surface area contributed by atoms with E-state index < -0.39 is 5.82 Å². The average Bonchev–Trinajstić information content (AvgIpc) is 2.19. The Hall–Kier alpha value is -1.71. The molecular weight excluding hydrogens is 178 g/mol. The number of halogens is 1. The van der Waals surface area contributed by atoms with Gasteiger partial charge in [0.1, 0.15) is 7.85 Å². The van der Waals surface area contributed by atoms with Gasteiger partial charge in [-0.05, 0) is 0 Å². The Balaban J connectivity index is 2.44. The third kappa shape index (κ3) is 1.79. The van der Waals surface area contributed by atoms with Crippen molar-refractivity contribution in [3.63, 3.8) is 0 Å². The first kappa shape index (κ1) is 8.87. The Bertz CT molecular complexity index is 442. The first-order chi connectivity index (χ1) is 6.75. The van der Waals surface area contributed by atoms with E-state index in [-0.39, 0.29) is 0 Å². The van der Waals surface area contributed by atoms with Crippen LogP contribution in [-0.2, 0) is 0 Å². The summed E-state index contributed by atoms with van der Waals surface area (Å²) in [6.07, 6.45) is 2.34. The van der Waals surface area contributed by atoms with Gasteiger partial charge in [0, 0.05) is 5.56 Å². The van der Waals surface area contributed by atoms with E-state index in [4.69, 9.17) is 0 Å². The molecule has 1 heterocycles. The van der Waals surface area contributed by atoms with Crippen molar-refractivity contribution in [1.82, 2.24) is 9.97 Å². The second-order valence-corrected chi connectivity index (χ2v) is 3.09. The largest absolute Gasteiger partial charge is 0.233 e. The zero-order valence-corrected chi connectivity index (χ0v) is 7.74. The quantitative estimate of drug-likeness (QED) is 0.607. The SMILES string of the molecule is Bc1cccc(-c2ncc(F)cn2)c1. The van der Waals surface area contributed by atoms with Gasteiger partial charge in [-0.25, -0.2) is 14.4 Å². The number of aromatic nitrogens is 2. The van der Waals surface area contributed by atoms with Gasteiger partial charge in [-0.1, -0.05) is 29.7 Å². The van der Waals surface area contributed by atoms with Gasteiger partial charge < -0.3 is 0 Å². The van der Waals surface area contributed by atoms with E-state index in [1.807, 2.05) is 32.1 Å². The molecule has 2 rings (SSSR count). The summed E-state index contributed by atoms with van der Waals surface area (Å²) >= 11 is 0. The number of nitrogens with zero attached hydrogens (tertiary/aromatic N) is 2. The topological polar surface area (TPSA) is 25.8 Å². The molecule has 1 aromatic carbocycles. The molecule has 0 aliphatic heterocycles. The van der Waals surface area contributed by atoms with Crippen molar-refractivity contribution in [3.05, 3.63) is 42.5 Å². The molecule has 2 aromatic rings. The summed E-state index contributed by atoms with van der Waals surface area (Å²) in [5, 5.41) is 0. The van der Waals surface area contributed by atoms with Crippen molar-refractivity contribution in [2.45, 2.75) is 0 Å². The summed E-state index contributed by atoms with van der Waals surface area (Å²) in [5.41, 5.74) is 2.04. The van der Waals surface area contributed by atoms with Crippen molar-refractivity contribution in [2.24, 2.45) is 0 Å². The van der Waals surface area contributed by atoms with Crippen LogP contribution in [0.4, 0.5) is 4.39 Å². The van der Waals surface area contributed by atoms with Gasteiger partial charge in [-0.15, -0.1) is 0 Å². The third-order valence-electron chi connectivity index (χ3n) is 1.90. The molecule has 0 saturated heterocycles. The molecule has 4 heteroatoms. The van der Waals surface area contributed by atoms with Crippen LogP contribution in [0, 0.1) is 5.82 Å². The van der Waals surface area contributed by atoms with Crippen molar-refractivity contribution >= 4 is 13.3 Å². The highest BCUT2D eigenvalue weighted by Gasteiger charge is 2.00. The minimum Gasteiger partial charge on any atom is -0.233 e. The second kappa shape index (κ2) is 3.58. The smallest absolute Gasteiger partial charge is 0.159 e. The molecule has 14 heavy (non-hydrogen) atoms. The van der Waals surface area contributed by atoms with Gasteiger partial charge in [0.05, 0.1) is 12.4 Å². The highest BCUT2D eigenvalue weighted by molar-refractivity contribution is 6.32. The lowest BCUT2D eigenvalue weighted by atomic mass is 9.94. The van der Waals surface area contributed by atoms with Gasteiger partial charge >= 0.3 is 0 Å². The molecule has 0 radical (unpaired) electrons. The van der Waals surface area contributed by atoms with Crippen LogP contribution >= 0.6 is 0 Å². The lowest BCUT2D eigenvalue weighted by Gasteiger charge is -2.00. The van der Waals surface area contributed by atoms with Crippen LogP contribution in [0.15, 0.2) is 36.7 Å². The van der Waals surface area contributed by atoms with E-state index in [0.29, 0.717) is 5.82 Å². The zero-order chi connectivity index (χ0) is 9.97. The summed E-state index contributed by atoms with van der Waals surface area (Å²) in [6, 6.07) is 7.79. The van der Waals surface area contributed by atoms with Crippen molar-refractivity contribution in [1.29, 1.82) is 0 Å². The minimum atomic E-state index is -0.415. The molecule has 0 aliphatic carbocycles. The minimum absolute atomic E-state index is 0.415. The van der Waals surface area contributed by atoms with Crippen molar-refractivity contribution in [2.75, 3.05) is 0 Å². The standard InChI is InChI=1S/C10H8BFN2/c11-8-3-1-2-7(4-8)10-13-5-9(12)6-14-10/h1-6H,11H2. The fraction of sp³-hybridized carbons (Fsp3) is 0. The van der Waals surface area contributed by atoms with Crippen LogP contribution in [0.1, 0.15) is 0 Å². The molecule has 1 aromatic heterocycles. The lowest BCUT2D eigenvalue weighted by Crippen LogP contribution is -2.01. The van der Waals surface area contributed by atoms with Gasteiger partial charge in [0.25, 0.3) is 0 Å². The Labute approximate surface area is 82.2 Å². The van der Waals surface area contributed by atoms with E-state index in [0.717, 1.165) is 11.0 Å². The Kier molecular flexibility index (Phi) is 2.27. The average molecular weight is 186 g/mol. The molecule has 0 fully saturated rings. The Morgan fingerprint density at radius 3 is 2.50 bits per heavy atom. The first-order valence-electron chi connectivity index (χ1n) is 4.30. The van der Waals surface area contributed by atoms with E-state index >= 15 is 0 Å². The molecule has 68 valence electrons. The van der Waals surface area contributed by atoms with Crippen LogP contribution in [0.5, 0.6) is 0 Å². The van der Waals surface area contributed by atoms with E-state index in [2.05, 4.69) is 9.97 Å². The van der Waals surface area contributed by atoms with Crippen LogP contribution < -0.4 is 5.46 Å². The van der Waals surface area contributed by atoms with Crippen LogP contribution in [0.2, 0.25) is 0 Å². The molecule has 0 atom stereocenters. The second-order valence-electron chi connectivity index (χ2n) is 3.09.